The van der Waals surface area contributed by atoms with E-state index in [4.69, 9.17) is 9.72 Å². The van der Waals surface area contributed by atoms with Crippen LogP contribution in [0.25, 0.3) is 88.5 Å². The summed E-state index contributed by atoms with van der Waals surface area (Å²) in [6, 6.07) is 98.6. The average Bonchev–Trinajstić information content (AvgIpc) is 4.34. The van der Waals surface area contributed by atoms with Gasteiger partial charge in [-0.25, -0.2) is 4.98 Å². The molecule has 16 rings (SSSR count). The maximum absolute atomic E-state index is 6.96. The van der Waals surface area contributed by atoms with Gasteiger partial charge in [-0.2, -0.15) is 0 Å². The van der Waals surface area contributed by atoms with Gasteiger partial charge in [-0.05, 0) is 125 Å². The Kier molecular flexibility index (Phi) is 10.3. The highest BCUT2D eigenvalue weighted by Crippen LogP contribution is 2.54. The largest absolute Gasteiger partial charge is 0.457 e. The minimum atomic E-state index is -0.358. The molecule has 0 radical (unpaired) electrons. The molecule has 2 aliphatic rings. The summed E-state index contributed by atoms with van der Waals surface area (Å²) in [5.74, 6) is 2.35. The average molecular weight is 1030 g/mol. The molecule has 14 aromatic rings. The van der Waals surface area contributed by atoms with E-state index in [9.17, 15) is 0 Å². The first-order valence-electron chi connectivity index (χ1n) is 27.5. The van der Waals surface area contributed by atoms with E-state index in [-0.39, 0.29) is 5.41 Å². The van der Waals surface area contributed by atoms with Crippen molar-refractivity contribution in [3.63, 3.8) is 0 Å². The van der Waals surface area contributed by atoms with Gasteiger partial charge in [0.25, 0.3) is 0 Å². The molecule has 0 bridgehead atoms. The minimum Gasteiger partial charge on any atom is -0.457 e. The first kappa shape index (κ1) is 45.7. The Hall–Kier alpha value is -10.4. The Labute approximate surface area is 463 Å². The van der Waals surface area contributed by atoms with E-state index < -0.39 is 0 Å². The topological polar surface area (TPSA) is 38.5 Å². The van der Waals surface area contributed by atoms with E-state index in [1.165, 1.54) is 49.6 Å². The van der Waals surface area contributed by atoms with E-state index in [0.29, 0.717) is 6.67 Å². The summed E-state index contributed by atoms with van der Waals surface area (Å²) in [7, 11) is 0. The Morgan fingerprint density at radius 3 is 1.51 bits per heavy atom. The number of benzene rings is 11. The Balaban J connectivity index is 0.791. The molecule has 378 valence electrons. The lowest BCUT2D eigenvalue weighted by Crippen LogP contribution is -2.25. The van der Waals surface area contributed by atoms with Crippen LogP contribution in [-0.2, 0) is 5.41 Å². The number of anilines is 4. The number of hydrogen-bond donors (Lipinski definition) is 0. The molecule has 0 saturated carbocycles. The molecular weight excluding hydrogens is 975 g/mol. The maximum Gasteiger partial charge on any atom is 0.137 e. The summed E-state index contributed by atoms with van der Waals surface area (Å²) in [6.45, 7) is 2.93. The smallest absolute Gasteiger partial charge is 0.137 e. The number of ether oxygens (including phenoxy) is 1. The normalized spacial score (nSPS) is 13.3. The zero-order chi connectivity index (χ0) is 52.9. The van der Waals surface area contributed by atoms with Crippen LogP contribution in [0, 0.1) is 0 Å². The molecule has 0 atom stereocenters. The minimum absolute atomic E-state index is 0.358. The summed E-state index contributed by atoms with van der Waals surface area (Å²) >= 11 is 0. The van der Waals surface area contributed by atoms with Gasteiger partial charge in [0, 0.05) is 67.8 Å². The van der Waals surface area contributed by atoms with E-state index >= 15 is 0 Å². The second kappa shape index (κ2) is 18.1. The van der Waals surface area contributed by atoms with Crippen LogP contribution in [0.4, 0.5) is 22.7 Å². The number of hydrogen-bond acceptors (Lipinski definition) is 4. The molecule has 0 saturated heterocycles. The van der Waals surface area contributed by atoms with Crippen LogP contribution in [0.15, 0.2) is 279 Å². The number of aromatic nitrogens is 3. The fraction of sp³-hybridized carbons (Fsp3) is 0.0405. The van der Waals surface area contributed by atoms with Crippen LogP contribution in [0.1, 0.15) is 23.6 Å². The van der Waals surface area contributed by atoms with Crippen molar-refractivity contribution in [3.8, 4) is 56.4 Å². The fourth-order valence-electron chi connectivity index (χ4n) is 13.3. The number of rotatable bonds is 9. The molecule has 0 spiro atoms. The van der Waals surface area contributed by atoms with Crippen molar-refractivity contribution < 1.29 is 4.74 Å². The first-order valence-corrected chi connectivity index (χ1v) is 27.5. The zero-order valence-electron chi connectivity index (χ0n) is 43.9. The number of fused-ring (bicyclic) bond motifs is 10. The lowest BCUT2D eigenvalue weighted by atomic mass is 9.74. The summed E-state index contributed by atoms with van der Waals surface area (Å²) in [5.41, 5.74) is 20.6. The summed E-state index contributed by atoms with van der Waals surface area (Å²) < 4.78 is 11.7. The molecule has 80 heavy (non-hydrogen) atoms. The quantitative estimate of drug-likeness (QED) is 0.144. The lowest BCUT2D eigenvalue weighted by Gasteiger charge is -2.28. The van der Waals surface area contributed by atoms with E-state index in [2.05, 4.69) is 299 Å². The first-order chi connectivity index (χ1) is 39.6. The maximum atomic E-state index is 6.96. The van der Waals surface area contributed by atoms with Gasteiger partial charge < -0.3 is 19.1 Å². The van der Waals surface area contributed by atoms with Crippen LogP contribution in [0.3, 0.4) is 0 Å². The molecule has 1 aliphatic carbocycles. The van der Waals surface area contributed by atoms with E-state index in [0.717, 1.165) is 89.8 Å². The van der Waals surface area contributed by atoms with Gasteiger partial charge >= 0.3 is 0 Å². The second-order valence-electron chi connectivity index (χ2n) is 21.2. The van der Waals surface area contributed by atoms with Crippen molar-refractivity contribution in [2.24, 2.45) is 0 Å². The molecule has 6 nitrogen and oxygen atoms in total. The number of pyridine rings is 1. The van der Waals surface area contributed by atoms with Gasteiger partial charge in [0.2, 0.25) is 0 Å². The highest BCUT2D eigenvalue weighted by molar-refractivity contribution is 6.11. The van der Waals surface area contributed by atoms with Crippen LogP contribution in [0.5, 0.6) is 11.5 Å². The number of nitrogens with zero attached hydrogens (tertiary/aromatic N) is 5. The second-order valence-corrected chi connectivity index (χ2v) is 21.2. The molecule has 1 aliphatic heterocycles. The third kappa shape index (κ3) is 7.02. The van der Waals surface area contributed by atoms with Crippen molar-refractivity contribution in [2.45, 2.75) is 12.3 Å². The molecular formula is C74H51N5O. The van der Waals surface area contributed by atoms with Crippen LogP contribution >= 0.6 is 0 Å². The van der Waals surface area contributed by atoms with Gasteiger partial charge in [0.15, 0.2) is 0 Å². The predicted octanol–water partition coefficient (Wildman–Crippen LogP) is 19.0. The van der Waals surface area contributed by atoms with Crippen molar-refractivity contribution in [1.29, 1.82) is 0 Å². The van der Waals surface area contributed by atoms with Crippen LogP contribution in [0.2, 0.25) is 0 Å². The molecule has 0 fully saturated rings. The monoisotopic (exact) mass is 1030 g/mol. The van der Waals surface area contributed by atoms with Crippen LogP contribution < -0.4 is 14.5 Å². The number of para-hydroxylation sites is 5. The Morgan fingerprint density at radius 1 is 0.375 bits per heavy atom. The molecule has 0 amide bonds. The van der Waals surface area contributed by atoms with Gasteiger partial charge in [-0.15, -0.1) is 0 Å². The molecule has 4 heterocycles. The fourth-order valence-corrected chi connectivity index (χ4v) is 13.3. The van der Waals surface area contributed by atoms with Gasteiger partial charge in [-0.3, -0.25) is 4.57 Å². The lowest BCUT2D eigenvalue weighted by molar-refractivity contribution is 0.483. The molecule has 6 heteroatoms. The van der Waals surface area contributed by atoms with Gasteiger partial charge in [0.1, 0.15) is 24.0 Å². The van der Waals surface area contributed by atoms with Crippen molar-refractivity contribution >= 4 is 66.4 Å². The third-order valence-corrected chi connectivity index (χ3v) is 16.9. The molecule has 3 aromatic heterocycles. The molecule has 0 unspecified atom stereocenters. The predicted molar refractivity (Wildman–Crippen MR) is 330 cm³/mol. The van der Waals surface area contributed by atoms with Gasteiger partial charge in [0.05, 0.1) is 39.1 Å². The van der Waals surface area contributed by atoms with E-state index in [1.807, 2.05) is 6.20 Å². The Bertz CT molecular complexity index is 4610. The highest BCUT2D eigenvalue weighted by atomic mass is 16.5. The van der Waals surface area contributed by atoms with Crippen molar-refractivity contribution in [2.75, 3.05) is 16.5 Å². The summed E-state index contributed by atoms with van der Waals surface area (Å²) in [4.78, 5) is 10.0. The molecule has 0 N–H and O–H groups in total. The van der Waals surface area contributed by atoms with Gasteiger partial charge in [-0.1, -0.05) is 182 Å². The van der Waals surface area contributed by atoms with Crippen molar-refractivity contribution in [1.82, 2.24) is 14.1 Å². The van der Waals surface area contributed by atoms with Crippen LogP contribution in [-0.4, -0.2) is 20.8 Å². The standard InChI is InChI=1S/C74H51N5O/c1-74(64-32-13-8-27-56(64)57-28-9-14-33-65(57)74)51-41-42-75-72(43-51)79-68-36-17-12-31-60(68)61-40-39-55(47-71(61)79)80-54-26-20-25-52(44-54)76-48-77(70-38-19-18-37-69(70)76)73-62(49-21-4-2-5-22-49)45-53(46-63(73)50-23-6-3-7-24-50)78-66-34-15-10-29-58(66)59-30-11-16-35-67(59)78/h2-47H,48H2,1H3. The molecule has 11 aromatic carbocycles. The Morgan fingerprint density at radius 2 is 0.887 bits per heavy atom. The third-order valence-electron chi connectivity index (χ3n) is 16.9. The summed E-state index contributed by atoms with van der Waals surface area (Å²) in [5, 5.41) is 4.77. The zero-order valence-corrected chi connectivity index (χ0v) is 43.9. The van der Waals surface area contributed by atoms with Crippen molar-refractivity contribution in [3.05, 3.63) is 296 Å². The summed E-state index contributed by atoms with van der Waals surface area (Å²) in [6.07, 6.45) is 1.97. The van der Waals surface area contributed by atoms with E-state index in [1.54, 1.807) is 0 Å². The highest BCUT2D eigenvalue weighted by Gasteiger charge is 2.41. The SMILES string of the molecule is CC1(c2ccnc(-n3c4ccccc4c4ccc(Oc5cccc(N6CN(c7c(-c8ccccc8)cc(-n8c9ccccc9c9ccccc98)cc7-c7ccccc7)c7ccccc76)c5)cc43)c2)c2ccccc2-c2ccccc21.